The number of thiophene rings is 6. The molecular formula is C45H46F6S6. The van der Waals surface area contributed by atoms with Crippen LogP contribution < -0.4 is 0 Å². The van der Waals surface area contributed by atoms with Gasteiger partial charge in [0.2, 0.25) is 0 Å². The molecule has 7 rings (SSSR count). The Hall–Kier alpha value is -2.48. The molecule has 0 saturated heterocycles. The van der Waals surface area contributed by atoms with E-state index >= 15 is 26.3 Å². The number of rotatable bonds is 6. The van der Waals surface area contributed by atoms with Gasteiger partial charge in [-0.3, -0.25) is 0 Å². The molecule has 0 saturated carbocycles. The fraction of sp³-hybridized carbons (Fsp3) is 0.422. The lowest BCUT2D eigenvalue weighted by atomic mass is 9.93. The summed E-state index contributed by atoms with van der Waals surface area (Å²) in [5.41, 5.74) is -4.17. The third kappa shape index (κ3) is 7.30. The van der Waals surface area contributed by atoms with Gasteiger partial charge in [0.25, 0.3) is 0 Å². The second-order valence-electron chi connectivity index (χ2n) is 18.8. The molecule has 0 nitrogen and oxygen atoms in total. The molecule has 0 aliphatic heterocycles. The summed E-state index contributed by atoms with van der Waals surface area (Å²) in [6.07, 6.45) is 0. The van der Waals surface area contributed by atoms with Gasteiger partial charge in [-0.25, -0.2) is 0 Å². The zero-order chi connectivity index (χ0) is 42.1. The predicted molar refractivity (Wildman–Crippen MR) is 238 cm³/mol. The highest BCUT2D eigenvalue weighted by molar-refractivity contribution is 7.27. The van der Waals surface area contributed by atoms with Crippen LogP contribution in [-0.2, 0) is 21.7 Å². The van der Waals surface area contributed by atoms with Crippen molar-refractivity contribution < 1.29 is 26.3 Å². The molecule has 12 heteroatoms. The van der Waals surface area contributed by atoms with Gasteiger partial charge in [0.1, 0.15) is 0 Å². The Bertz CT molecular complexity index is 2320. The van der Waals surface area contributed by atoms with Crippen LogP contribution in [0.5, 0.6) is 0 Å². The number of halogens is 6. The second kappa shape index (κ2) is 13.8. The molecule has 0 amide bonds. The molecule has 0 bridgehead atoms. The van der Waals surface area contributed by atoms with Crippen molar-refractivity contribution in [3.8, 4) is 39.0 Å². The lowest BCUT2D eigenvalue weighted by molar-refractivity contribution is -0.254. The van der Waals surface area contributed by atoms with Gasteiger partial charge in [0.15, 0.2) is 0 Å². The van der Waals surface area contributed by atoms with Gasteiger partial charge >= 0.3 is 17.8 Å². The number of hydrogen-bond acceptors (Lipinski definition) is 6. The van der Waals surface area contributed by atoms with E-state index in [4.69, 9.17) is 0 Å². The van der Waals surface area contributed by atoms with Gasteiger partial charge in [0, 0.05) is 71.0 Å². The summed E-state index contributed by atoms with van der Waals surface area (Å²) in [5, 5.41) is 0. The first-order chi connectivity index (χ1) is 26.0. The fourth-order valence-electron chi connectivity index (χ4n) is 6.67. The molecule has 6 aromatic rings. The molecular weight excluding hydrogens is 847 g/mol. The molecule has 6 aromatic heterocycles. The number of allylic oxidation sites excluding steroid dienone is 2. The Morgan fingerprint density at radius 3 is 0.877 bits per heavy atom. The summed E-state index contributed by atoms with van der Waals surface area (Å²) < 4.78 is 99.7. The predicted octanol–water partition coefficient (Wildman–Crippen LogP) is 17.7. The van der Waals surface area contributed by atoms with E-state index in [2.05, 4.69) is 41.5 Å². The molecule has 0 aromatic carbocycles. The van der Waals surface area contributed by atoms with E-state index in [1.54, 1.807) is 12.1 Å². The molecule has 6 heterocycles. The Kier molecular flexibility index (Phi) is 10.3. The standard InChI is InChI=1S/C45H46F6S6/c1-39(2,3)31-17-13-25(52-31)29-21-23(37(56-29)27-15-19-33(54-27)41(7,8)9)35-36(44(48,49)45(50,51)43(35,46)47)24-22-30(26-14-18-32(53-26)40(4,5)6)57-38(24)28-16-20-34(55-28)42(10,11)12/h13-22H,1-12H3. The lowest BCUT2D eigenvalue weighted by Gasteiger charge is -2.26. The van der Waals surface area contributed by atoms with Crippen LogP contribution >= 0.6 is 68.0 Å². The maximum absolute atomic E-state index is 16.9. The van der Waals surface area contributed by atoms with Crippen molar-refractivity contribution in [2.24, 2.45) is 0 Å². The van der Waals surface area contributed by atoms with E-state index in [9.17, 15) is 0 Å². The first-order valence-corrected chi connectivity index (χ1v) is 23.5. The van der Waals surface area contributed by atoms with Crippen LogP contribution in [-0.4, -0.2) is 17.8 Å². The molecule has 1 aliphatic carbocycles. The van der Waals surface area contributed by atoms with E-state index in [1.165, 1.54) is 80.2 Å². The molecule has 0 radical (unpaired) electrons. The third-order valence-corrected chi connectivity index (χ3v) is 19.0. The van der Waals surface area contributed by atoms with Gasteiger partial charge in [-0.05, 0) is 82.3 Å². The molecule has 57 heavy (non-hydrogen) atoms. The Morgan fingerprint density at radius 2 is 0.614 bits per heavy atom. The fourth-order valence-corrected chi connectivity index (χ4v) is 13.7. The third-order valence-electron chi connectivity index (χ3n) is 9.98. The summed E-state index contributed by atoms with van der Waals surface area (Å²) in [6.45, 7) is 24.6. The summed E-state index contributed by atoms with van der Waals surface area (Å²) >= 11 is 8.07. The van der Waals surface area contributed by atoms with Crippen LogP contribution in [0.15, 0.2) is 60.7 Å². The Morgan fingerprint density at radius 1 is 0.351 bits per heavy atom. The number of hydrogen-bond donors (Lipinski definition) is 0. The molecule has 304 valence electrons. The average molecular weight is 893 g/mol. The quantitative estimate of drug-likeness (QED) is 0.146. The highest BCUT2D eigenvalue weighted by Gasteiger charge is 2.80. The topological polar surface area (TPSA) is 0 Å². The van der Waals surface area contributed by atoms with Gasteiger partial charge in [0.05, 0.1) is 9.75 Å². The zero-order valence-corrected chi connectivity index (χ0v) is 38.9. The van der Waals surface area contributed by atoms with E-state index in [1.807, 2.05) is 77.9 Å². The van der Waals surface area contributed by atoms with Crippen molar-refractivity contribution in [2.75, 3.05) is 0 Å². The van der Waals surface area contributed by atoms with Gasteiger partial charge in [-0.1, -0.05) is 83.1 Å². The van der Waals surface area contributed by atoms with Gasteiger partial charge < -0.3 is 0 Å². The van der Waals surface area contributed by atoms with Crippen LogP contribution in [0.3, 0.4) is 0 Å². The highest BCUT2D eigenvalue weighted by atomic mass is 32.1. The normalized spacial score (nSPS) is 17.3. The maximum Gasteiger partial charge on any atom is 0.380 e. The molecule has 0 spiro atoms. The van der Waals surface area contributed by atoms with Crippen LogP contribution in [0.25, 0.3) is 50.2 Å². The van der Waals surface area contributed by atoms with E-state index in [-0.39, 0.29) is 42.5 Å². The SMILES string of the molecule is CC(C)(C)c1ccc(-c2cc(C3=C(c4cc(-c5ccc(C(C)(C)C)s5)sc4-c4ccc(C(C)(C)C)s4)C(F)(F)C(F)(F)C3(F)F)c(-c3ccc(C(C)(C)C)s3)s2)s1. The minimum absolute atomic E-state index is 0.197. The Labute approximate surface area is 356 Å². The summed E-state index contributed by atoms with van der Waals surface area (Å²) in [7, 11) is 0. The molecule has 1 aliphatic rings. The van der Waals surface area contributed by atoms with Gasteiger partial charge in [-0.2, -0.15) is 26.3 Å². The molecule has 0 N–H and O–H groups in total. The van der Waals surface area contributed by atoms with Crippen molar-refractivity contribution in [3.63, 3.8) is 0 Å². The lowest BCUT2D eigenvalue weighted by Crippen LogP contribution is -2.48. The van der Waals surface area contributed by atoms with E-state index in [0.717, 1.165) is 29.3 Å². The minimum Gasteiger partial charge on any atom is -0.194 e. The maximum atomic E-state index is 16.9. The van der Waals surface area contributed by atoms with Crippen LogP contribution in [0, 0.1) is 0 Å². The van der Waals surface area contributed by atoms with Crippen LogP contribution in [0.4, 0.5) is 26.3 Å². The molecule has 0 unspecified atom stereocenters. The van der Waals surface area contributed by atoms with Crippen molar-refractivity contribution in [2.45, 2.75) is 123 Å². The van der Waals surface area contributed by atoms with Crippen molar-refractivity contribution >= 4 is 79.2 Å². The monoisotopic (exact) mass is 892 g/mol. The largest absolute Gasteiger partial charge is 0.380 e. The number of alkyl halides is 6. The molecule has 0 fully saturated rings. The first-order valence-electron chi connectivity index (χ1n) is 18.6. The van der Waals surface area contributed by atoms with Crippen molar-refractivity contribution in [1.82, 2.24) is 0 Å². The summed E-state index contributed by atoms with van der Waals surface area (Å²) in [4.78, 5) is 8.30. The Balaban J connectivity index is 1.57. The van der Waals surface area contributed by atoms with Crippen molar-refractivity contribution in [3.05, 3.63) is 91.3 Å². The minimum atomic E-state index is -5.70. The van der Waals surface area contributed by atoms with E-state index in [0.29, 0.717) is 19.5 Å². The first kappa shape index (κ1) is 42.6. The average Bonchev–Trinajstić information content (AvgIpc) is 3.91. The highest BCUT2D eigenvalue weighted by Crippen LogP contribution is 2.68. The van der Waals surface area contributed by atoms with Gasteiger partial charge in [-0.15, -0.1) is 68.0 Å². The van der Waals surface area contributed by atoms with E-state index < -0.39 is 28.9 Å². The smallest absolute Gasteiger partial charge is 0.194 e. The summed E-state index contributed by atoms with van der Waals surface area (Å²) in [5.74, 6) is -16.1. The second-order valence-corrected chi connectivity index (χ2v) is 25.3. The summed E-state index contributed by atoms with van der Waals surface area (Å²) in [6, 6.07) is 18.0. The molecule has 0 atom stereocenters. The van der Waals surface area contributed by atoms with Crippen LogP contribution in [0.1, 0.15) is 114 Å². The van der Waals surface area contributed by atoms with Crippen LogP contribution in [0.2, 0.25) is 0 Å². The van der Waals surface area contributed by atoms with Crippen molar-refractivity contribution in [1.29, 1.82) is 0 Å². The zero-order valence-electron chi connectivity index (χ0n) is 34.0.